The highest BCUT2D eigenvalue weighted by Crippen LogP contribution is 2.28. The molecule has 0 spiro atoms. The predicted molar refractivity (Wildman–Crippen MR) is 128 cm³/mol. The number of nitrogens with zero attached hydrogens (tertiary/aromatic N) is 5. The Morgan fingerprint density at radius 3 is 2.45 bits per heavy atom. The third kappa shape index (κ3) is 4.21. The molecule has 0 bridgehead atoms. The van der Waals surface area contributed by atoms with Crippen molar-refractivity contribution < 1.29 is 4.79 Å². The third-order valence-electron chi connectivity index (χ3n) is 5.38. The number of carbonyl (C=O) groups excluding carboxylic acids is 1. The van der Waals surface area contributed by atoms with Gasteiger partial charge in [0.1, 0.15) is 12.4 Å². The predicted octanol–water partition coefficient (Wildman–Crippen LogP) is 4.09. The molecule has 8 nitrogen and oxygen atoms in total. The van der Waals surface area contributed by atoms with Crippen LogP contribution in [0.3, 0.4) is 0 Å². The summed E-state index contributed by atoms with van der Waals surface area (Å²) in [4.78, 5) is 17.1. The van der Waals surface area contributed by atoms with Gasteiger partial charge in [-0.3, -0.25) is 9.48 Å². The molecule has 0 radical (unpaired) electrons. The summed E-state index contributed by atoms with van der Waals surface area (Å²) in [6.45, 7) is 0. The van der Waals surface area contributed by atoms with Crippen LogP contribution < -0.4 is 11.1 Å². The minimum atomic E-state index is -0.796. The van der Waals surface area contributed by atoms with Crippen molar-refractivity contribution >= 4 is 28.7 Å². The molecule has 3 heterocycles. The van der Waals surface area contributed by atoms with Crippen LogP contribution in [0.25, 0.3) is 27.9 Å². The smallest absolute Gasteiger partial charge is 0.245 e. The molecule has 33 heavy (non-hydrogen) atoms. The van der Waals surface area contributed by atoms with E-state index in [-0.39, 0.29) is 5.91 Å². The van der Waals surface area contributed by atoms with Gasteiger partial charge in [-0.2, -0.15) is 10.2 Å². The normalized spacial score (nSPS) is 12.1. The molecule has 0 aliphatic rings. The van der Waals surface area contributed by atoms with Gasteiger partial charge in [-0.05, 0) is 35.9 Å². The van der Waals surface area contributed by atoms with Gasteiger partial charge in [-0.25, -0.2) is 9.50 Å². The van der Waals surface area contributed by atoms with Gasteiger partial charge in [0, 0.05) is 46.8 Å². The maximum absolute atomic E-state index is 12.6. The quantitative estimate of drug-likeness (QED) is 0.413. The molecule has 5 rings (SSSR count). The number of halogens is 1. The van der Waals surface area contributed by atoms with Gasteiger partial charge in [0.25, 0.3) is 0 Å². The number of hydrogen-bond acceptors (Lipinski definition) is 5. The number of rotatable bonds is 5. The van der Waals surface area contributed by atoms with Crippen molar-refractivity contribution in [2.45, 2.75) is 6.04 Å². The first-order valence-corrected chi connectivity index (χ1v) is 10.6. The fourth-order valence-electron chi connectivity index (χ4n) is 3.63. The lowest BCUT2D eigenvalue weighted by molar-refractivity contribution is -0.117. The van der Waals surface area contributed by atoms with Crippen LogP contribution >= 0.6 is 11.6 Å². The molecule has 0 saturated carbocycles. The molecule has 3 N–H and O–H groups in total. The average molecular weight is 458 g/mol. The van der Waals surface area contributed by atoms with Gasteiger partial charge in [-0.1, -0.05) is 35.9 Å². The molecule has 2 aromatic carbocycles. The van der Waals surface area contributed by atoms with Crippen molar-refractivity contribution in [2.24, 2.45) is 12.8 Å². The molecule has 0 unspecified atom stereocenters. The zero-order chi connectivity index (χ0) is 22.9. The second-order valence-corrected chi connectivity index (χ2v) is 8.10. The van der Waals surface area contributed by atoms with Crippen molar-refractivity contribution in [1.82, 2.24) is 24.4 Å². The largest absolute Gasteiger partial charge is 0.324 e. The van der Waals surface area contributed by atoms with Gasteiger partial charge in [0.2, 0.25) is 5.91 Å². The second kappa shape index (κ2) is 8.50. The fourth-order valence-corrected chi connectivity index (χ4v) is 3.76. The van der Waals surface area contributed by atoms with Crippen LogP contribution in [-0.4, -0.2) is 30.3 Å². The molecule has 1 atom stereocenters. The molecular formula is C24H20ClN7O. The maximum atomic E-state index is 12.6. The monoisotopic (exact) mass is 457 g/mol. The Morgan fingerprint density at radius 2 is 1.76 bits per heavy atom. The van der Waals surface area contributed by atoms with Crippen LogP contribution in [0.4, 0.5) is 5.69 Å². The Hall–Kier alpha value is -4.01. The highest BCUT2D eigenvalue weighted by molar-refractivity contribution is 6.30. The van der Waals surface area contributed by atoms with E-state index in [0.717, 1.165) is 27.9 Å². The molecule has 0 aliphatic carbocycles. The first-order chi connectivity index (χ1) is 16.0. The van der Waals surface area contributed by atoms with E-state index in [4.69, 9.17) is 17.3 Å². The number of carbonyl (C=O) groups is 1. The number of aromatic nitrogens is 5. The summed E-state index contributed by atoms with van der Waals surface area (Å²) in [5.41, 5.74) is 12.0. The van der Waals surface area contributed by atoms with E-state index in [2.05, 4.69) is 20.5 Å². The fraction of sp³-hybridized carbons (Fsp3) is 0.0833. The average Bonchev–Trinajstić information content (AvgIpc) is 3.45. The molecule has 0 aliphatic heterocycles. The van der Waals surface area contributed by atoms with Crippen molar-refractivity contribution in [3.8, 4) is 22.4 Å². The summed E-state index contributed by atoms with van der Waals surface area (Å²) < 4.78 is 3.56. The zero-order valence-electron chi connectivity index (χ0n) is 17.7. The van der Waals surface area contributed by atoms with Gasteiger partial charge < -0.3 is 11.1 Å². The Morgan fingerprint density at radius 1 is 1.00 bits per heavy atom. The van der Waals surface area contributed by atoms with Crippen LogP contribution in [-0.2, 0) is 11.8 Å². The Balaban J connectivity index is 1.37. The summed E-state index contributed by atoms with van der Waals surface area (Å²) in [6, 6.07) is 15.6. The van der Waals surface area contributed by atoms with E-state index >= 15 is 0 Å². The minimum absolute atomic E-state index is 0.304. The Kier molecular flexibility index (Phi) is 5.37. The Labute approximate surface area is 194 Å². The van der Waals surface area contributed by atoms with Crippen molar-refractivity contribution in [2.75, 3.05) is 5.32 Å². The van der Waals surface area contributed by atoms with E-state index in [1.54, 1.807) is 33.5 Å². The standard InChI is InChI=1S/C24H20ClN7O/c1-31-12-18(11-28-31)17-10-21-23(27-14-29-32(21)13-17)16-4-8-20(9-5-16)30-24(33)22(26)15-2-6-19(25)7-3-15/h2-14,22H,26H2,1H3,(H,30,33)/t22-/m0/s1. The molecule has 0 fully saturated rings. The van der Waals surface area contributed by atoms with Crippen molar-refractivity contribution in [1.29, 1.82) is 0 Å². The van der Waals surface area contributed by atoms with Crippen molar-refractivity contribution in [3.05, 3.63) is 90.1 Å². The number of amides is 1. The van der Waals surface area contributed by atoms with Crippen LogP contribution in [0.5, 0.6) is 0 Å². The topological polar surface area (TPSA) is 103 Å². The Bertz CT molecular complexity index is 1440. The number of aryl methyl sites for hydroxylation is 1. The van der Waals surface area contributed by atoms with E-state index < -0.39 is 6.04 Å². The first kappa shape index (κ1) is 20.9. The van der Waals surface area contributed by atoms with Gasteiger partial charge in [-0.15, -0.1) is 0 Å². The molecular weight excluding hydrogens is 438 g/mol. The van der Waals surface area contributed by atoms with Crippen LogP contribution in [0.2, 0.25) is 5.02 Å². The molecule has 3 aromatic heterocycles. The number of hydrogen-bond donors (Lipinski definition) is 2. The molecule has 1 amide bonds. The lowest BCUT2D eigenvalue weighted by Gasteiger charge is -2.13. The van der Waals surface area contributed by atoms with Crippen LogP contribution in [0, 0.1) is 0 Å². The highest BCUT2D eigenvalue weighted by atomic mass is 35.5. The lowest BCUT2D eigenvalue weighted by Crippen LogP contribution is -2.27. The van der Waals surface area contributed by atoms with Gasteiger partial charge >= 0.3 is 0 Å². The van der Waals surface area contributed by atoms with Crippen molar-refractivity contribution in [3.63, 3.8) is 0 Å². The number of benzene rings is 2. The van der Waals surface area contributed by atoms with Crippen LogP contribution in [0.15, 0.2) is 79.5 Å². The number of nitrogens with two attached hydrogens (primary N) is 1. The van der Waals surface area contributed by atoms with E-state index in [1.807, 2.05) is 56.0 Å². The SMILES string of the molecule is Cn1cc(-c2cc3c(-c4ccc(NC(=O)[C@@H](N)c5ccc(Cl)cc5)cc4)ncnn3c2)cn1. The van der Waals surface area contributed by atoms with Gasteiger partial charge in [0.15, 0.2) is 0 Å². The first-order valence-electron chi connectivity index (χ1n) is 10.2. The zero-order valence-corrected chi connectivity index (χ0v) is 18.4. The summed E-state index contributed by atoms with van der Waals surface area (Å²) in [7, 11) is 1.88. The molecule has 5 aromatic rings. The molecule has 164 valence electrons. The number of nitrogens with one attached hydrogen (secondary N) is 1. The number of fused-ring (bicyclic) bond motifs is 1. The summed E-state index contributed by atoms with van der Waals surface area (Å²) in [5.74, 6) is -0.304. The number of anilines is 1. The summed E-state index contributed by atoms with van der Waals surface area (Å²) in [6.07, 6.45) is 7.24. The van der Waals surface area contributed by atoms with E-state index in [1.165, 1.54) is 6.33 Å². The molecule has 0 saturated heterocycles. The maximum Gasteiger partial charge on any atom is 0.245 e. The third-order valence-corrected chi connectivity index (χ3v) is 5.63. The summed E-state index contributed by atoms with van der Waals surface area (Å²) >= 11 is 5.91. The second-order valence-electron chi connectivity index (χ2n) is 7.67. The van der Waals surface area contributed by atoms with E-state index in [0.29, 0.717) is 16.3 Å². The lowest BCUT2D eigenvalue weighted by atomic mass is 10.1. The minimum Gasteiger partial charge on any atom is -0.324 e. The van der Waals surface area contributed by atoms with Crippen LogP contribution in [0.1, 0.15) is 11.6 Å². The van der Waals surface area contributed by atoms with Gasteiger partial charge in [0.05, 0.1) is 17.4 Å². The van der Waals surface area contributed by atoms with E-state index in [9.17, 15) is 4.79 Å². The summed E-state index contributed by atoms with van der Waals surface area (Å²) in [5, 5.41) is 12.0. The molecule has 9 heteroatoms. The highest BCUT2D eigenvalue weighted by Gasteiger charge is 2.16.